The number of rotatable bonds is 10. The first-order valence-corrected chi connectivity index (χ1v) is 9.92. The highest BCUT2D eigenvalue weighted by Crippen LogP contribution is 2.33. The minimum atomic E-state index is -0.860. The summed E-state index contributed by atoms with van der Waals surface area (Å²) in [6, 6.07) is 3.39. The molecule has 1 aliphatic heterocycles. The Balaban J connectivity index is 1.73. The summed E-state index contributed by atoms with van der Waals surface area (Å²) in [4.78, 5) is 19.5. The molecule has 1 saturated carbocycles. The van der Waals surface area contributed by atoms with Crippen LogP contribution in [0.3, 0.4) is 0 Å². The van der Waals surface area contributed by atoms with E-state index in [4.69, 9.17) is 9.47 Å². The van der Waals surface area contributed by atoms with Crippen molar-refractivity contribution in [3.05, 3.63) is 17.8 Å². The first-order valence-electron chi connectivity index (χ1n) is 9.92. The van der Waals surface area contributed by atoms with Gasteiger partial charge in [-0.05, 0) is 49.7 Å². The van der Waals surface area contributed by atoms with E-state index in [1.54, 1.807) is 6.07 Å². The lowest BCUT2D eigenvalue weighted by molar-refractivity contribution is 0.0343. The largest absolute Gasteiger partial charge is 0.476 e. The summed E-state index contributed by atoms with van der Waals surface area (Å²) < 4.78 is 23.1. The number of nitrogens with one attached hydrogen (secondary N) is 1. The van der Waals surface area contributed by atoms with Crippen LogP contribution in [0.2, 0.25) is 0 Å². The third-order valence-corrected chi connectivity index (χ3v) is 5.17. The summed E-state index contributed by atoms with van der Waals surface area (Å²) in [5.41, 5.74) is 1.28. The molecule has 0 unspecified atom stereocenters. The van der Waals surface area contributed by atoms with E-state index in [2.05, 4.69) is 15.2 Å². The third kappa shape index (κ3) is 5.54. The van der Waals surface area contributed by atoms with Gasteiger partial charge in [-0.2, -0.15) is 0 Å². The molecular weight excluding hydrogens is 349 g/mol. The molecule has 3 rings (SSSR count). The Labute approximate surface area is 160 Å². The summed E-state index contributed by atoms with van der Waals surface area (Å²) in [6.45, 7) is 5.82. The first kappa shape index (κ1) is 19.9. The van der Waals surface area contributed by atoms with E-state index in [-0.39, 0.29) is 24.5 Å². The van der Waals surface area contributed by atoms with E-state index in [9.17, 15) is 9.18 Å². The lowest BCUT2D eigenvalue weighted by Gasteiger charge is -2.23. The summed E-state index contributed by atoms with van der Waals surface area (Å²) in [6.07, 6.45) is 4.72. The average molecular weight is 379 g/mol. The van der Waals surface area contributed by atoms with Crippen LogP contribution in [0, 0.1) is 11.8 Å². The topological polar surface area (TPSA) is 63.7 Å². The van der Waals surface area contributed by atoms with Crippen LogP contribution in [0.15, 0.2) is 12.1 Å². The molecular formula is C20H30FN3O3. The van der Waals surface area contributed by atoms with Crippen LogP contribution in [-0.4, -0.2) is 50.1 Å². The Kier molecular flexibility index (Phi) is 6.88. The molecule has 7 heteroatoms. The van der Waals surface area contributed by atoms with E-state index in [0.29, 0.717) is 24.1 Å². The highest BCUT2D eigenvalue weighted by molar-refractivity contribution is 5.93. The van der Waals surface area contributed by atoms with Gasteiger partial charge in [0.15, 0.2) is 6.86 Å². The molecule has 1 atom stereocenters. The van der Waals surface area contributed by atoms with Crippen LogP contribution < -0.4 is 15.0 Å². The standard InChI is InChI=1S/C20H30FN3O3/c1-14(2)17(12-26-13-21)22-19(25)16-7-8-18(24-9-3-4-10-24)20(23-16)27-11-15-5-6-15/h7-8,14-15,17H,3-6,9-13H2,1-2H3,(H,22,25)/t17-/m1/s1. The maximum absolute atomic E-state index is 12.7. The second-order valence-electron chi connectivity index (χ2n) is 7.77. The quantitative estimate of drug-likeness (QED) is 0.677. The Morgan fingerprint density at radius 2 is 2.07 bits per heavy atom. The molecule has 1 saturated heterocycles. The minimum absolute atomic E-state index is 0.120. The predicted octanol–water partition coefficient (Wildman–Crippen LogP) is 3.17. The van der Waals surface area contributed by atoms with E-state index in [0.717, 1.165) is 31.6 Å². The van der Waals surface area contributed by atoms with E-state index < -0.39 is 6.86 Å². The maximum Gasteiger partial charge on any atom is 0.270 e. The van der Waals surface area contributed by atoms with Crippen molar-refractivity contribution >= 4 is 11.6 Å². The lowest BCUT2D eigenvalue weighted by Crippen LogP contribution is -2.42. The lowest BCUT2D eigenvalue weighted by atomic mass is 10.1. The first-order chi connectivity index (χ1) is 13.1. The molecule has 6 nitrogen and oxygen atoms in total. The van der Waals surface area contributed by atoms with Crippen molar-refractivity contribution in [2.24, 2.45) is 11.8 Å². The van der Waals surface area contributed by atoms with Crippen LogP contribution in [-0.2, 0) is 4.74 Å². The smallest absolute Gasteiger partial charge is 0.270 e. The number of hydrogen-bond donors (Lipinski definition) is 1. The molecule has 1 N–H and O–H groups in total. The highest BCUT2D eigenvalue weighted by Gasteiger charge is 2.25. The maximum atomic E-state index is 12.7. The monoisotopic (exact) mass is 379 g/mol. The summed E-state index contributed by atoms with van der Waals surface area (Å²) in [5.74, 6) is 0.979. The fourth-order valence-corrected chi connectivity index (χ4v) is 3.16. The van der Waals surface area contributed by atoms with Crippen LogP contribution >= 0.6 is 0 Å². The number of carbonyl (C=O) groups excluding carboxylic acids is 1. The SMILES string of the molecule is CC(C)[C@@H](COCF)NC(=O)c1ccc(N2CCCC2)c(OCC2CC2)n1. The molecule has 2 fully saturated rings. The zero-order chi connectivity index (χ0) is 19.2. The van der Waals surface area contributed by atoms with Crippen LogP contribution in [0.25, 0.3) is 0 Å². The fraction of sp³-hybridized carbons (Fsp3) is 0.700. The number of halogens is 1. The normalized spacial score (nSPS) is 18.0. The van der Waals surface area contributed by atoms with Gasteiger partial charge in [0.25, 0.3) is 5.91 Å². The number of amides is 1. The van der Waals surface area contributed by atoms with Gasteiger partial charge in [-0.1, -0.05) is 13.8 Å². The Hall–Kier alpha value is -1.89. The van der Waals surface area contributed by atoms with Gasteiger partial charge in [0, 0.05) is 13.1 Å². The van der Waals surface area contributed by atoms with Crippen molar-refractivity contribution in [1.82, 2.24) is 10.3 Å². The molecule has 0 aromatic carbocycles. The fourth-order valence-electron chi connectivity index (χ4n) is 3.16. The van der Waals surface area contributed by atoms with Crippen LogP contribution in [0.5, 0.6) is 5.88 Å². The molecule has 1 amide bonds. The second kappa shape index (κ2) is 9.35. The zero-order valence-corrected chi connectivity index (χ0v) is 16.2. The van der Waals surface area contributed by atoms with Gasteiger partial charge in [0.05, 0.1) is 24.9 Å². The molecule has 0 radical (unpaired) electrons. The Morgan fingerprint density at radius 1 is 1.33 bits per heavy atom. The van der Waals surface area contributed by atoms with Crippen molar-refractivity contribution < 1.29 is 18.7 Å². The van der Waals surface area contributed by atoms with Gasteiger partial charge in [0.1, 0.15) is 5.69 Å². The molecule has 0 spiro atoms. The second-order valence-corrected chi connectivity index (χ2v) is 7.77. The summed E-state index contributed by atoms with van der Waals surface area (Å²) in [5, 5.41) is 2.90. The number of ether oxygens (including phenoxy) is 2. The van der Waals surface area contributed by atoms with Crippen molar-refractivity contribution in [3.63, 3.8) is 0 Å². The minimum Gasteiger partial charge on any atom is -0.476 e. The number of anilines is 1. The van der Waals surface area contributed by atoms with Gasteiger partial charge >= 0.3 is 0 Å². The van der Waals surface area contributed by atoms with Crippen LogP contribution in [0.4, 0.5) is 10.1 Å². The van der Waals surface area contributed by atoms with Gasteiger partial charge in [-0.3, -0.25) is 4.79 Å². The van der Waals surface area contributed by atoms with Gasteiger partial charge in [-0.25, -0.2) is 9.37 Å². The number of carbonyl (C=O) groups is 1. The molecule has 0 bridgehead atoms. The van der Waals surface area contributed by atoms with Crippen LogP contribution in [0.1, 0.15) is 50.0 Å². The van der Waals surface area contributed by atoms with Crippen molar-refractivity contribution in [3.8, 4) is 5.88 Å². The molecule has 1 aliphatic carbocycles. The van der Waals surface area contributed by atoms with E-state index in [1.165, 1.54) is 12.8 Å². The number of alkyl halides is 1. The highest BCUT2D eigenvalue weighted by atomic mass is 19.1. The predicted molar refractivity (Wildman–Crippen MR) is 102 cm³/mol. The van der Waals surface area contributed by atoms with E-state index in [1.807, 2.05) is 19.9 Å². The van der Waals surface area contributed by atoms with Crippen molar-refractivity contribution in [2.45, 2.75) is 45.6 Å². The average Bonchev–Trinajstić information content (AvgIpc) is 3.34. The Morgan fingerprint density at radius 3 is 2.70 bits per heavy atom. The molecule has 1 aromatic heterocycles. The summed E-state index contributed by atoms with van der Waals surface area (Å²) in [7, 11) is 0. The van der Waals surface area contributed by atoms with Gasteiger partial charge in [0.2, 0.25) is 5.88 Å². The zero-order valence-electron chi connectivity index (χ0n) is 16.2. The third-order valence-electron chi connectivity index (χ3n) is 5.17. The van der Waals surface area contributed by atoms with Crippen molar-refractivity contribution in [2.75, 3.05) is 38.1 Å². The van der Waals surface area contributed by atoms with Gasteiger partial charge in [-0.15, -0.1) is 0 Å². The number of nitrogens with zero attached hydrogens (tertiary/aromatic N) is 2. The van der Waals surface area contributed by atoms with Gasteiger partial charge < -0.3 is 19.7 Å². The number of hydrogen-bond acceptors (Lipinski definition) is 5. The molecule has 150 valence electrons. The molecule has 2 heterocycles. The number of pyridine rings is 1. The molecule has 27 heavy (non-hydrogen) atoms. The molecule has 1 aromatic rings. The van der Waals surface area contributed by atoms with E-state index >= 15 is 0 Å². The van der Waals surface area contributed by atoms with Crippen molar-refractivity contribution in [1.29, 1.82) is 0 Å². The number of aromatic nitrogens is 1. The Bertz CT molecular complexity index is 631. The molecule has 2 aliphatic rings. The summed E-state index contributed by atoms with van der Waals surface area (Å²) >= 11 is 0.